The monoisotopic (exact) mass is 537 g/mol. The van der Waals surface area contributed by atoms with Gasteiger partial charge in [-0.05, 0) is 6.92 Å². The first-order chi connectivity index (χ1) is 14.9. The lowest BCUT2D eigenvalue weighted by Gasteiger charge is -2.28. The summed E-state index contributed by atoms with van der Waals surface area (Å²) in [5.74, 6) is -0.280. The Labute approximate surface area is 182 Å². The minimum absolute atomic E-state index is 0.121. The van der Waals surface area contributed by atoms with Gasteiger partial charge in [0.2, 0.25) is 5.95 Å². The molecule has 186 valence electrons. The van der Waals surface area contributed by atoms with Crippen LogP contribution in [0.15, 0.2) is 11.1 Å². The fourth-order valence-electron chi connectivity index (χ4n) is 2.92. The van der Waals surface area contributed by atoms with Crippen LogP contribution in [0.5, 0.6) is 0 Å². The molecular weight excluding hydrogens is 519 g/mol. The van der Waals surface area contributed by atoms with E-state index in [0.29, 0.717) is 0 Å². The van der Waals surface area contributed by atoms with Crippen molar-refractivity contribution in [3.63, 3.8) is 0 Å². The molecule has 2 aromatic rings. The molecular formula is C11H18N5O14P3. The van der Waals surface area contributed by atoms with Gasteiger partial charge in [0.15, 0.2) is 17.4 Å². The molecule has 0 bridgehead atoms. The number of aromatic nitrogens is 4. The summed E-state index contributed by atoms with van der Waals surface area (Å²) < 4.78 is 52.3. The number of aliphatic hydroxyl groups excluding tert-OH is 2. The molecule has 6 atom stereocenters. The number of aromatic amines is 1. The molecule has 33 heavy (non-hydrogen) atoms. The Morgan fingerprint density at radius 2 is 1.85 bits per heavy atom. The van der Waals surface area contributed by atoms with E-state index in [-0.39, 0.29) is 17.1 Å². The number of phosphoric acid groups is 3. The van der Waals surface area contributed by atoms with Crippen molar-refractivity contribution in [2.24, 2.45) is 0 Å². The number of imidazole rings is 1. The number of nitrogens with zero attached hydrogens (tertiary/aromatic N) is 3. The number of phosphoric ester groups is 1. The third-order valence-corrected chi connectivity index (χ3v) is 8.07. The molecule has 9 N–H and O–H groups in total. The van der Waals surface area contributed by atoms with E-state index in [0.717, 1.165) is 17.8 Å². The summed E-state index contributed by atoms with van der Waals surface area (Å²) in [6.45, 7) is 0.0769. The summed E-state index contributed by atoms with van der Waals surface area (Å²) in [5, 5.41) is 20.8. The van der Waals surface area contributed by atoms with Gasteiger partial charge in [0.25, 0.3) is 5.56 Å². The number of hydrogen-bond donors (Lipinski definition) is 8. The molecule has 19 nitrogen and oxygen atoms in total. The molecule has 1 aliphatic rings. The van der Waals surface area contributed by atoms with Crippen molar-refractivity contribution in [1.29, 1.82) is 0 Å². The number of nitrogens with one attached hydrogen (secondary N) is 1. The van der Waals surface area contributed by atoms with Crippen molar-refractivity contribution in [3.8, 4) is 0 Å². The van der Waals surface area contributed by atoms with Crippen molar-refractivity contribution in [1.82, 2.24) is 19.5 Å². The van der Waals surface area contributed by atoms with Gasteiger partial charge in [0.1, 0.15) is 17.8 Å². The maximum Gasteiger partial charge on any atom is 0.490 e. The number of hydrogen-bond acceptors (Lipinski definition) is 13. The minimum atomic E-state index is -5.75. The average Bonchev–Trinajstić information content (AvgIpc) is 3.12. The highest BCUT2D eigenvalue weighted by atomic mass is 31.3. The summed E-state index contributed by atoms with van der Waals surface area (Å²) >= 11 is 0. The van der Waals surface area contributed by atoms with Crippen molar-refractivity contribution in [2.45, 2.75) is 31.0 Å². The fraction of sp³-hybridized carbons (Fsp3) is 0.545. The predicted molar refractivity (Wildman–Crippen MR) is 103 cm³/mol. The predicted octanol–water partition coefficient (Wildman–Crippen LogP) is -1.95. The summed E-state index contributed by atoms with van der Waals surface area (Å²) in [6.07, 6.45) is -3.92. The standard InChI is InChI=1S/C11H18N5O14P3/c1-11(2-27-32(23,24)30-33(25,26)29-31(20,21)22)6(18)5(17)9(28-11)16-3-13-4-7(16)14-10(12)15-8(4)19/h3,5-6,9,17-18H,2H2,1H3,(H,23,24)(H,25,26)(H2,20,21,22)(H3,12,14,15,19)/t5?,6?,9?,11-/m1/s1. The third-order valence-electron chi connectivity index (χ3n) is 4.29. The number of anilines is 1. The van der Waals surface area contributed by atoms with Gasteiger partial charge in [0.05, 0.1) is 12.9 Å². The van der Waals surface area contributed by atoms with Crippen LogP contribution in [-0.2, 0) is 31.6 Å². The Balaban J connectivity index is 1.79. The van der Waals surface area contributed by atoms with Crippen LogP contribution >= 0.6 is 23.5 Å². The molecule has 1 saturated heterocycles. The highest BCUT2D eigenvalue weighted by Crippen LogP contribution is 2.66. The summed E-state index contributed by atoms with van der Waals surface area (Å²) in [5.41, 5.74) is 2.55. The highest BCUT2D eigenvalue weighted by Gasteiger charge is 2.54. The topological polar surface area (TPSA) is 299 Å². The second kappa shape index (κ2) is 8.58. The second-order valence-corrected chi connectivity index (χ2v) is 11.3. The summed E-state index contributed by atoms with van der Waals surface area (Å²) in [4.78, 5) is 57.7. The van der Waals surface area contributed by atoms with E-state index in [1.165, 1.54) is 0 Å². The quantitative estimate of drug-likeness (QED) is 0.170. The molecule has 1 fully saturated rings. The van der Waals surface area contributed by atoms with Crippen LogP contribution in [0.25, 0.3) is 11.2 Å². The first-order valence-corrected chi connectivity index (χ1v) is 13.0. The van der Waals surface area contributed by atoms with Gasteiger partial charge in [-0.25, -0.2) is 18.7 Å². The first-order valence-electron chi connectivity index (χ1n) is 8.48. The van der Waals surface area contributed by atoms with E-state index in [1.807, 2.05) is 0 Å². The van der Waals surface area contributed by atoms with Gasteiger partial charge in [-0.3, -0.25) is 18.9 Å². The zero-order valence-corrected chi connectivity index (χ0v) is 18.9. The Morgan fingerprint density at radius 3 is 2.45 bits per heavy atom. The highest BCUT2D eigenvalue weighted by molar-refractivity contribution is 7.66. The normalized spacial score (nSPS) is 29.7. The maximum atomic E-state index is 11.9. The summed E-state index contributed by atoms with van der Waals surface area (Å²) in [6, 6.07) is 0. The van der Waals surface area contributed by atoms with Gasteiger partial charge in [-0.1, -0.05) is 0 Å². The van der Waals surface area contributed by atoms with Crippen LogP contribution in [0.1, 0.15) is 13.2 Å². The van der Waals surface area contributed by atoms with Gasteiger partial charge in [0, 0.05) is 0 Å². The van der Waals surface area contributed by atoms with E-state index in [2.05, 4.69) is 28.1 Å². The van der Waals surface area contributed by atoms with Crippen LogP contribution in [0, 0.1) is 0 Å². The zero-order chi connectivity index (χ0) is 25.0. The number of ether oxygens (including phenoxy) is 1. The number of H-pyrrole nitrogens is 1. The van der Waals surface area contributed by atoms with Crippen molar-refractivity contribution in [3.05, 3.63) is 16.7 Å². The zero-order valence-electron chi connectivity index (χ0n) is 16.2. The van der Waals surface area contributed by atoms with E-state index in [9.17, 15) is 38.5 Å². The molecule has 3 rings (SSSR count). The lowest BCUT2D eigenvalue weighted by molar-refractivity contribution is -0.113. The maximum absolute atomic E-state index is 11.9. The third kappa shape index (κ3) is 5.75. The van der Waals surface area contributed by atoms with E-state index < -0.39 is 59.7 Å². The number of fused-ring (bicyclic) bond motifs is 1. The molecule has 0 aliphatic carbocycles. The van der Waals surface area contributed by atoms with Gasteiger partial charge in [-0.15, -0.1) is 0 Å². The van der Waals surface area contributed by atoms with Crippen LogP contribution < -0.4 is 11.3 Å². The van der Waals surface area contributed by atoms with Gasteiger partial charge >= 0.3 is 23.5 Å². The van der Waals surface area contributed by atoms with Crippen LogP contribution in [0.3, 0.4) is 0 Å². The van der Waals surface area contributed by atoms with Crippen molar-refractivity contribution in [2.75, 3.05) is 12.3 Å². The molecule has 0 aromatic carbocycles. The van der Waals surface area contributed by atoms with Crippen molar-refractivity contribution >= 4 is 40.6 Å². The Bertz CT molecular complexity index is 1260. The molecule has 0 radical (unpaired) electrons. The lowest BCUT2D eigenvalue weighted by Crippen LogP contribution is -2.44. The van der Waals surface area contributed by atoms with E-state index in [4.69, 9.17) is 20.3 Å². The number of aliphatic hydroxyl groups is 2. The molecule has 3 heterocycles. The lowest BCUT2D eigenvalue weighted by atomic mass is 9.99. The SMILES string of the molecule is C[C@]1(COP(=O)(O)OP(=O)(O)OP(=O)(O)O)OC(n2cnc3c(=O)[nH]c(N)nc32)C(O)C1O. The Kier molecular flexibility index (Phi) is 6.78. The van der Waals surface area contributed by atoms with Crippen LogP contribution in [0.2, 0.25) is 0 Å². The van der Waals surface area contributed by atoms with E-state index in [1.54, 1.807) is 0 Å². The Hall–Kier alpha value is -1.56. The van der Waals surface area contributed by atoms with Crippen LogP contribution in [0.4, 0.5) is 5.95 Å². The molecule has 0 saturated carbocycles. The first kappa shape index (κ1) is 26.1. The number of nitrogen functional groups attached to an aromatic ring is 1. The van der Waals surface area contributed by atoms with E-state index >= 15 is 0 Å². The number of nitrogens with two attached hydrogens (primary N) is 1. The fourth-order valence-corrected chi connectivity index (χ4v) is 6.03. The average molecular weight is 537 g/mol. The largest absolute Gasteiger partial charge is 0.490 e. The van der Waals surface area contributed by atoms with Gasteiger partial charge < -0.3 is 40.3 Å². The molecule has 0 amide bonds. The Morgan fingerprint density at radius 1 is 1.21 bits per heavy atom. The smallest absolute Gasteiger partial charge is 0.387 e. The minimum Gasteiger partial charge on any atom is -0.387 e. The molecule has 5 unspecified atom stereocenters. The molecule has 22 heteroatoms. The second-order valence-electron chi connectivity index (χ2n) is 6.90. The number of rotatable bonds is 8. The van der Waals surface area contributed by atoms with Crippen molar-refractivity contribution < 1.29 is 61.4 Å². The molecule has 1 aliphatic heterocycles. The van der Waals surface area contributed by atoms with Crippen LogP contribution in [-0.4, -0.2) is 73.7 Å². The summed E-state index contributed by atoms with van der Waals surface area (Å²) in [7, 11) is -16.9. The molecule has 2 aromatic heterocycles. The molecule has 0 spiro atoms. The van der Waals surface area contributed by atoms with Gasteiger partial charge in [-0.2, -0.15) is 13.6 Å².